The van der Waals surface area contributed by atoms with Gasteiger partial charge in [-0.15, -0.1) is 0 Å². The molecule has 1 aliphatic heterocycles. The van der Waals surface area contributed by atoms with Crippen LogP contribution in [0.25, 0.3) is 0 Å². The number of fused-ring (bicyclic) bond motifs is 2. The molecule has 2 aliphatic rings. The van der Waals surface area contributed by atoms with Crippen molar-refractivity contribution in [3.63, 3.8) is 0 Å². The zero-order valence-corrected chi connectivity index (χ0v) is 16.1. The van der Waals surface area contributed by atoms with Gasteiger partial charge in [0, 0.05) is 17.9 Å². The van der Waals surface area contributed by atoms with Crippen molar-refractivity contribution >= 4 is 6.09 Å². The molecule has 2 rings (SSSR count). The molecule has 0 radical (unpaired) electrons. The van der Waals surface area contributed by atoms with E-state index >= 15 is 0 Å². The van der Waals surface area contributed by atoms with Crippen molar-refractivity contribution in [1.82, 2.24) is 5.32 Å². The van der Waals surface area contributed by atoms with Crippen molar-refractivity contribution in [3.05, 3.63) is 11.6 Å². The van der Waals surface area contributed by atoms with E-state index in [4.69, 9.17) is 9.47 Å². The third kappa shape index (κ3) is 3.79. The fraction of sp³-hybridized carbons (Fsp3) is 0.850. The Morgan fingerprint density at radius 2 is 2.12 bits per heavy atom. The summed E-state index contributed by atoms with van der Waals surface area (Å²) in [6.45, 7) is 12.9. The van der Waals surface area contributed by atoms with E-state index in [9.17, 15) is 4.79 Å². The third-order valence-electron chi connectivity index (χ3n) is 6.20. The number of alkyl carbamates (subject to hydrolysis) is 1. The van der Waals surface area contributed by atoms with Gasteiger partial charge in [-0.05, 0) is 31.6 Å². The van der Waals surface area contributed by atoms with Crippen LogP contribution in [0.15, 0.2) is 11.6 Å². The smallest absolute Gasteiger partial charge is 0.407 e. The number of unbranched alkanes of at least 4 members (excludes halogenated alkanes) is 1. The normalized spacial score (nSPS) is 35.3. The number of hydrogen-bond donors (Lipinski definition) is 1. The molecule has 0 aromatic carbocycles. The van der Waals surface area contributed by atoms with Gasteiger partial charge in [0.2, 0.25) is 0 Å². The first kappa shape index (κ1) is 19.3. The minimum absolute atomic E-state index is 0.101. The van der Waals surface area contributed by atoms with E-state index in [1.165, 1.54) is 5.57 Å². The summed E-state index contributed by atoms with van der Waals surface area (Å²) in [4.78, 5) is 12.0. The number of rotatable bonds is 7. The lowest BCUT2D eigenvalue weighted by molar-refractivity contribution is -0.164. The standard InChI is InChI=1S/C20H35NO3/c1-6-8-10-21-19(22)24-13-20-12-23-17(9-7-2)18(16(20)5)14(3)11-15(20)4/h11,15-18H,6-10,12-13H2,1-5H3,(H,21,22)/t15-,16-,17-,18+,20+/m1/s1. The Hall–Kier alpha value is -1.03. The summed E-state index contributed by atoms with van der Waals surface area (Å²) in [5.74, 6) is 1.27. The second kappa shape index (κ2) is 8.37. The molecular formula is C20H35NO3. The average molecular weight is 338 g/mol. The predicted octanol–water partition coefficient (Wildman–Crippen LogP) is 4.55. The molecule has 0 saturated carbocycles. The monoisotopic (exact) mass is 337 g/mol. The SMILES string of the molecule is CCCCNC(=O)OC[C@@]12CO[C@H](CCC)[C@@H](C(C)=C[C@H]1C)[C@H]2C. The van der Waals surface area contributed by atoms with Crippen molar-refractivity contribution in [2.24, 2.45) is 23.2 Å². The van der Waals surface area contributed by atoms with E-state index in [0.717, 1.165) is 25.7 Å². The lowest BCUT2D eigenvalue weighted by atomic mass is 9.56. The van der Waals surface area contributed by atoms with Gasteiger partial charge in [-0.3, -0.25) is 0 Å². The van der Waals surface area contributed by atoms with E-state index < -0.39 is 0 Å². The Bertz CT molecular complexity index is 462. The molecule has 138 valence electrons. The maximum absolute atomic E-state index is 12.0. The van der Waals surface area contributed by atoms with E-state index in [1.807, 2.05) is 0 Å². The van der Waals surface area contributed by atoms with Gasteiger partial charge in [0.15, 0.2) is 0 Å². The van der Waals surface area contributed by atoms with Gasteiger partial charge in [0.05, 0.1) is 12.7 Å². The van der Waals surface area contributed by atoms with Gasteiger partial charge < -0.3 is 14.8 Å². The molecule has 1 heterocycles. The summed E-state index contributed by atoms with van der Waals surface area (Å²) in [7, 11) is 0. The topological polar surface area (TPSA) is 47.6 Å². The first-order valence-electron chi connectivity index (χ1n) is 9.66. The second-order valence-electron chi connectivity index (χ2n) is 7.74. The van der Waals surface area contributed by atoms with E-state index in [1.54, 1.807) is 0 Å². The minimum atomic E-state index is -0.296. The summed E-state index contributed by atoms with van der Waals surface area (Å²) < 4.78 is 11.9. The highest BCUT2D eigenvalue weighted by atomic mass is 16.6. The largest absolute Gasteiger partial charge is 0.449 e. The fourth-order valence-electron chi connectivity index (χ4n) is 4.55. The van der Waals surface area contributed by atoms with Crippen LogP contribution < -0.4 is 5.32 Å². The van der Waals surface area contributed by atoms with Crippen LogP contribution >= 0.6 is 0 Å². The quantitative estimate of drug-likeness (QED) is 0.548. The molecule has 4 nitrogen and oxygen atoms in total. The Morgan fingerprint density at radius 1 is 1.38 bits per heavy atom. The van der Waals surface area contributed by atoms with Crippen LogP contribution in [0.3, 0.4) is 0 Å². The molecule has 2 bridgehead atoms. The first-order chi connectivity index (χ1) is 11.5. The van der Waals surface area contributed by atoms with E-state index in [-0.39, 0.29) is 11.5 Å². The Morgan fingerprint density at radius 3 is 2.79 bits per heavy atom. The number of nitrogens with one attached hydrogen (secondary N) is 1. The highest BCUT2D eigenvalue weighted by Gasteiger charge is 2.53. The summed E-state index contributed by atoms with van der Waals surface area (Å²) in [5, 5.41) is 2.84. The number of ether oxygens (including phenoxy) is 2. The van der Waals surface area contributed by atoms with Crippen LogP contribution in [0.2, 0.25) is 0 Å². The van der Waals surface area contributed by atoms with Crippen LogP contribution in [-0.2, 0) is 9.47 Å². The second-order valence-corrected chi connectivity index (χ2v) is 7.74. The fourth-order valence-corrected chi connectivity index (χ4v) is 4.55. The average Bonchev–Trinajstić information content (AvgIpc) is 2.53. The first-order valence-corrected chi connectivity index (χ1v) is 9.66. The Labute approximate surface area is 147 Å². The van der Waals surface area contributed by atoms with Gasteiger partial charge in [0.1, 0.15) is 6.61 Å². The minimum Gasteiger partial charge on any atom is -0.449 e. The number of amides is 1. The highest BCUT2D eigenvalue weighted by molar-refractivity contribution is 5.67. The summed E-state index contributed by atoms with van der Waals surface area (Å²) in [6.07, 6.45) is 6.68. The third-order valence-corrected chi connectivity index (χ3v) is 6.20. The zero-order valence-electron chi connectivity index (χ0n) is 16.1. The van der Waals surface area contributed by atoms with Crippen molar-refractivity contribution in [1.29, 1.82) is 0 Å². The van der Waals surface area contributed by atoms with Crippen molar-refractivity contribution < 1.29 is 14.3 Å². The van der Waals surface area contributed by atoms with Crippen LogP contribution in [0.5, 0.6) is 0 Å². The number of hydrogen-bond acceptors (Lipinski definition) is 3. The molecule has 5 atom stereocenters. The summed E-state index contributed by atoms with van der Waals surface area (Å²) >= 11 is 0. The highest BCUT2D eigenvalue weighted by Crippen LogP contribution is 2.53. The molecule has 0 aromatic heterocycles. The van der Waals surface area contributed by atoms with Crippen LogP contribution in [-0.4, -0.2) is 32.0 Å². The van der Waals surface area contributed by atoms with E-state index in [0.29, 0.717) is 43.6 Å². The molecular weight excluding hydrogens is 302 g/mol. The van der Waals surface area contributed by atoms with Gasteiger partial charge in [-0.1, -0.05) is 52.2 Å². The van der Waals surface area contributed by atoms with Crippen LogP contribution in [0.4, 0.5) is 4.79 Å². The lowest BCUT2D eigenvalue weighted by Gasteiger charge is -2.55. The lowest BCUT2D eigenvalue weighted by Crippen LogP contribution is -2.57. The van der Waals surface area contributed by atoms with Gasteiger partial charge in [-0.2, -0.15) is 0 Å². The summed E-state index contributed by atoms with van der Waals surface area (Å²) in [6, 6.07) is 0. The number of carbonyl (C=O) groups is 1. The predicted molar refractivity (Wildman–Crippen MR) is 96.9 cm³/mol. The van der Waals surface area contributed by atoms with Crippen LogP contribution in [0.1, 0.15) is 60.3 Å². The van der Waals surface area contributed by atoms with Crippen LogP contribution in [0, 0.1) is 23.2 Å². The van der Waals surface area contributed by atoms with Gasteiger partial charge in [0.25, 0.3) is 0 Å². The molecule has 1 amide bonds. The molecule has 1 fully saturated rings. The number of carbonyl (C=O) groups excluding carboxylic acids is 1. The Kier molecular flexibility index (Phi) is 6.73. The Balaban J connectivity index is 2.06. The number of allylic oxidation sites excluding steroid dienone is 1. The maximum atomic E-state index is 12.0. The zero-order chi connectivity index (χ0) is 17.7. The molecule has 0 unspecified atom stereocenters. The van der Waals surface area contributed by atoms with Crippen molar-refractivity contribution in [2.45, 2.75) is 66.4 Å². The maximum Gasteiger partial charge on any atom is 0.407 e. The molecule has 1 saturated heterocycles. The summed E-state index contributed by atoms with van der Waals surface area (Å²) in [5.41, 5.74) is 1.34. The molecule has 4 heteroatoms. The molecule has 0 spiro atoms. The van der Waals surface area contributed by atoms with Gasteiger partial charge >= 0.3 is 6.09 Å². The van der Waals surface area contributed by atoms with E-state index in [2.05, 4.69) is 46.0 Å². The molecule has 1 aliphatic carbocycles. The van der Waals surface area contributed by atoms with Gasteiger partial charge in [-0.25, -0.2) is 4.79 Å². The molecule has 1 N–H and O–H groups in total. The molecule has 24 heavy (non-hydrogen) atoms. The van der Waals surface area contributed by atoms with Crippen molar-refractivity contribution in [3.8, 4) is 0 Å². The molecule has 0 aromatic rings. The van der Waals surface area contributed by atoms with Crippen molar-refractivity contribution in [2.75, 3.05) is 19.8 Å².